The van der Waals surface area contributed by atoms with E-state index >= 15 is 0 Å². The molecule has 0 radical (unpaired) electrons. The van der Waals surface area contributed by atoms with Gasteiger partial charge in [-0.2, -0.15) is 0 Å². The molecule has 0 atom stereocenters. The van der Waals surface area contributed by atoms with Gasteiger partial charge < -0.3 is 9.47 Å². The number of ether oxygens (including phenoxy) is 2. The van der Waals surface area contributed by atoms with Crippen molar-refractivity contribution in [1.29, 1.82) is 0 Å². The Balaban J connectivity index is 1.77. The molecule has 0 aliphatic heterocycles. The van der Waals surface area contributed by atoms with Crippen LogP contribution in [0.4, 0.5) is 0 Å². The van der Waals surface area contributed by atoms with E-state index in [1.165, 1.54) is 10.8 Å². The molecule has 0 saturated carbocycles. The molecule has 0 amide bonds. The molecule has 0 N–H and O–H groups in total. The molecule has 3 rings (SSSR count). The number of benzene rings is 3. The quantitative estimate of drug-likeness (QED) is 0.459. The molecular weight excluding hydrogens is 308 g/mol. The summed E-state index contributed by atoms with van der Waals surface area (Å²) in [5.74, 6) is 8.19. The highest BCUT2D eigenvalue weighted by Crippen LogP contribution is 2.22. The summed E-state index contributed by atoms with van der Waals surface area (Å²) in [6, 6.07) is 20.2. The zero-order valence-corrected chi connectivity index (χ0v) is 14.7. The fourth-order valence-electron chi connectivity index (χ4n) is 2.54. The smallest absolute Gasteiger partial charge is 0.119 e. The topological polar surface area (TPSA) is 18.5 Å². The van der Waals surface area contributed by atoms with Crippen LogP contribution in [0.15, 0.2) is 60.7 Å². The molecule has 2 heteroatoms. The summed E-state index contributed by atoms with van der Waals surface area (Å²) >= 11 is 0. The first kappa shape index (κ1) is 16.9. The van der Waals surface area contributed by atoms with Crippen LogP contribution in [0.2, 0.25) is 0 Å². The van der Waals surface area contributed by atoms with Crippen molar-refractivity contribution in [3.8, 4) is 23.3 Å². The number of fused-ring (bicyclic) bond motifs is 1. The van der Waals surface area contributed by atoms with E-state index in [1.807, 2.05) is 30.3 Å². The van der Waals surface area contributed by atoms with Crippen LogP contribution in [0.5, 0.6) is 11.5 Å². The minimum atomic E-state index is 0.771. The summed E-state index contributed by atoms with van der Waals surface area (Å²) in [6.45, 7) is 2.94. The number of methoxy groups -OCH3 is 1. The van der Waals surface area contributed by atoms with Crippen molar-refractivity contribution in [3.63, 3.8) is 0 Å². The summed E-state index contributed by atoms with van der Waals surface area (Å²) < 4.78 is 10.9. The van der Waals surface area contributed by atoms with Gasteiger partial charge in [0.2, 0.25) is 0 Å². The predicted octanol–water partition coefficient (Wildman–Crippen LogP) is 5.43. The fraction of sp³-hybridized carbons (Fsp3) is 0.217. The second kappa shape index (κ2) is 8.26. The summed E-state index contributed by atoms with van der Waals surface area (Å²) in [5, 5.41) is 2.34. The largest absolute Gasteiger partial charge is 0.497 e. The normalized spacial score (nSPS) is 10.2. The van der Waals surface area contributed by atoms with Crippen LogP contribution in [0, 0.1) is 11.8 Å². The maximum atomic E-state index is 5.77. The summed E-state index contributed by atoms with van der Waals surface area (Å²) in [6.07, 6.45) is 2.22. The Kier molecular flexibility index (Phi) is 5.59. The molecule has 0 spiro atoms. The molecule has 3 aromatic rings. The minimum absolute atomic E-state index is 0.771. The Morgan fingerprint density at radius 1 is 0.760 bits per heavy atom. The van der Waals surface area contributed by atoms with Gasteiger partial charge in [-0.05, 0) is 65.7 Å². The van der Waals surface area contributed by atoms with Crippen LogP contribution < -0.4 is 9.47 Å². The third-order valence-corrected chi connectivity index (χ3v) is 4.02. The van der Waals surface area contributed by atoms with Crippen molar-refractivity contribution < 1.29 is 9.47 Å². The predicted molar refractivity (Wildman–Crippen MR) is 103 cm³/mol. The van der Waals surface area contributed by atoms with Gasteiger partial charge in [-0.1, -0.05) is 37.3 Å². The van der Waals surface area contributed by atoms with E-state index in [2.05, 4.69) is 49.1 Å². The van der Waals surface area contributed by atoms with E-state index in [0.717, 1.165) is 42.1 Å². The lowest BCUT2D eigenvalue weighted by Gasteiger charge is -2.06. The molecule has 2 nitrogen and oxygen atoms in total. The van der Waals surface area contributed by atoms with Gasteiger partial charge in [0.15, 0.2) is 0 Å². The van der Waals surface area contributed by atoms with Gasteiger partial charge in [-0.15, -0.1) is 0 Å². The highest BCUT2D eigenvalue weighted by atomic mass is 16.5. The maximum absolute atomic E-state index is 5.77. The molecular formula is C23H22O2. The highest BCUT2D eigenvalue weighted by molar-refractivity contribution is 5.85. The zero-order valence-electron chi connectivity index (χ0n) is 14.7. The van der Waals surface area contributed by atoms with Crippen molar-refractivity contribution in [3.05, 3.63) is 71.8 Å². The van der Waals surface area contributed by atoms with Gasteiger partial charge in [-0.3, -0.25) is 0 Å². The van der Waals surface area contributed by atoms with E-state index in [9.17, 15) is 0 Å². The Labute approximate surface area is 149 Å². The van der Waals surface area contributed by atoms with Crippen molar-refractivity contribution in [2.75, 3.05) is 13.7 Å². The molecule has 25 heavy (non-hydrogen) atoms. The van der Waals surface area contributed by atoms with E-state index in [-0.39, 0.29) is 0 Å². The van der Waals surface area contributed by atoms with Crippen LogP contribution in [0.1, 0.15) is 30.9 Å². The molecule has 0 aliphatic carbocycles. The Morgan fingerprint density at radius 2 is 1.40 bits per heavy atom. The first-order valence-electron chi connectivity index (χ1n) is 8.61. The van der Waals surface area contributed by atoms with Gasteiger partial charge in [0.05, 0.1) is 13.7 Å². The molecule has 0 bridgehead atoms. The van der Waals surface area contributed by atoms with Crippen molar-refractivity contribution in [1.82, 2.24) is 0 Å². The average Bonchev–Trinajstić information content (AvgIpc) is 2.67. The molecule has 0 unspecified atom stereocenters. The highest BCUT2D eigenvalue weighted by Gasteiger charge is 1.99. The summed E-state index contributed by atoms with van der Waals surface area (Å²) in [7, 11) is 1.66. The standard InChI is InChI=1S/C23H22O2/c1-3-4-15-25-23-14-11-20-16-19(7-10-21(20)17-23)6-5-18-8-12-22(24-2)13-9-18/h7-14,16-17H,3-4,15H2,1-2H3. The minimum Gasteiger partial charge on any atom is -0.497 e. The first-order valence-corrected chi connectivity index (χ1v) is 8.61. The fourth-order valence-corrected chi connectivity index (χ4v) is 2.54. The maximum Gasteiger partial charge on any atom is 0.119 e. The van der Waals surface area contributed by atoms with Gasteiger partial charge in [0, 0.05) is 11.1 Å². The van der Waals surface area contributed by atoms with E-state index < -0.39 is 0 Å². The lowest BCUT2D eigenvalue weighted by Crippen LogP contribution is -1.96. The Bertz CT molecular complexity index is 899. The third-order valence-electron chi connectivity index (χ3n) is 4.02. The van der Waals surface area contributed by atoms with E-state index in [4.69, 9.17) is 9.47 Å². The van der Waals surface area contributed by atoms with Crippen LogP contribution in [0.3, 0.4) is 0 Å². The molecule has 0 saturated heterocycles. The van der Waals surface area contributed by atoms with Crippen LogP contribution >= 0.6 is 0 Å². The molecule has 3 aromatic carbocycles. The van der Waals surface area contributed by atoms with Gasteiger partial charge in [0.1, 0.15) is 11.5 Å². The lowest BCUT2D eigenvalue weighted by molar-refractivity contribution is 0.310. The van der Waals surface area contributed by atoms with Crippen molar-refractivity contribution in [2.45, 2.75) is 19.8 Å². The summed E-state index contributed by atoms with van der Waals surface area (Å²) in [4.78, 5) is 0. The van der Waals surface area contributed by atoms with Gasteiger partial charge >= 0.3 is 0 Å². The summed E-state index contributed by atoms with van der Waals surface area (Å²) in [5.41, 5.74) is 1.98. The number of rotatable bonds is 5. The second-order valence-corrected chi connectivity index (χ2v) is 5.90. The zero-order chi connectivity index (χ0) is 17.5. The number of hydrogen-bond donors (Lipinski definition) is 0. The Hall–Kier alpha value is -2.92. The van der Waals surface area contributed by atoms with Crippen molar-refractivity contribution >= 4 is 10.8 Å². The van der Waals surface area contributed by atoms with E-state index in [0.29, 0.717) is 0 Å². The molecule has 0 aliphatic rings. The SMILES string of the molecule is CCCCOc1ccc2cc(C#Cc3ccc(OC)cc3)ccc2c1. The monoisotopic (exact) mass is 330 g/mol. The number of unbranched alkanes of at least 4 members (excludes halogenated alkanes) is 1. The van der Waals surface area contributed by atoms with Crippen LogP contribution in [-0.4, -0.2) is 13.7 Å². The lowest BCUT2D eigenvalue weighted by atomic mass is 10.1. The van der Waals surface area contributed by atoms with Gasteiger partial charge in [-0.25, -0.2) is 0 Å². The van der Waals surface area contributed by atoms with Crippen LogP contribution in [0.25, 0.3) is 10.8 Å². The molecule has 0 fully saturated rings. The molecule has 126 valence electrons. The molecule has 0 heterocycles. The van der Waals surface area contributed by atoms with Crippen molar-refractivity contribution in [2.24, 2.45) is 0 Å². The second-order valence-electron chi connectivity index (χ2n) is 5.90. The first-order chi connectivity index (χ1) is 12.3. The third kappa shape index (κ3) is 4.55. The molecule has 0 aromatic heterocycles. The van der Waals surface area contributed by atoms with Gasteiger partial charge in [0.25, 0.3) is 0 Å². The van der Waals surface area contributed by atoms with Crippen LogP contribution in [-0.2, 0) is 0 Å². The average molecular weight is 330 g/mol. The number of hydrogen-bond acceptors (Lipinski definition) is 2. The Morgan fingerprint density at radius 3 is 2.16 bits per heavy atom. The van der Waals surface area contributed by atoms with E-state index in [1.54, 1.807) is 7.11 Å².